The highest BCUT2D eigenvalue weighted by molar-refractivity contribution is 5.81. The van der Waals surface area contributed by atoms with Crippen molar-refractivity contribution in [3.63, 3.8) is 0 Å². The van der Waals surface area contributed by atoms with Crippen LogP contribution in [0.4, 0.5) is 4.79 Å². The second-order valence-electron chi connectivity index (χ2n) is 6.64. The Morgan fingerprint density at radius 1 is 1.14 bits per heavy atom. The van der Waals surface area contributed by atoms with Crippen LogP contribution in [0.15, 0.2) is 0 Å². The van der Waals surface area contributed by atoms with E-state index in [2.05, 4.69) is 0 Å². The molecule has 0 aromatic rings. The summed E-state index contributed by atoms with van der Waals surface area (Å²) in [5, 5.41) is 18.3. The van der Waals surface area contributed by atoms with Gasteiger partial charge in [0.15, 0.2) is 0 Å². The number of carboxylic acid groups (broad SMARTS) is 1. The van der Waals surface area contributed by atoms with Crippen molar-refractivity contribution in [3.05, 3.63) is 0 Å². The van der Waals surface area contributed by atoms with Gasteiger partial charge in [0.1, 0.15) is 6.54 Å². The van der Waals surface area contributed by atoms with Crippen LogP contribution < -0.4 is 0 Å². The molecule has 0 unspecified atom stereocenters. The summed E-state index contributed by atoms with van der Waals surface area (Å²) in [6, 6.07) is -0.178. The lowest BCUT2D eigenvalue weighted by Gasteiger charge is -2.42. The zero-order valence-electron chi connectivity index (χ0n) is 13.3. The standard InChI is InChI=1S/C15H28N2O4/c1-15(2,3)17(11-13(19)20)14(21)16(9-10-18)12-7-5-4-6-8-12/h12,18H,4-11H2,1-3H3,(H,19,20). The largest absolute Gasteiger partial charge is 0.480 e. The number of hydrogen-bond donors (Lipinski definition) is 2. The summed E-state index contributed by atoms with van der Waals surface area (Å²) in [6.07, 6.45) is 5.19. The topological polar surface area (TPSA) is 81.1 Å². The van der Waals surface area contributed by atoms with E-state index in [0.29, 0.717) is 0 Å². The third kappa shape index (κ3) is 5.19. The van der Waals surface area contributed by atoms with Gasteiger partial charge in [-0.2, -0.15) is 0 Å². The van der Waals surface area contributed by atoms with Crippen molar-refractivity contribution in [2.75, 3.05) is 19.7 Å². The fourth-order valence-corrected chi connectivity index (χ4v) is 2.82. The predicted octanol–water partition coefficient (Wildman–Crippen LogP) is 1.92. The van der Waals surface area contributed by atoms with Crippen LogP contribution in [0, 0.1) is 0 Å². The normalized spacial score (nSPS) is 16.6. The first-order valence-corrected chi connectivity index (χ1v) is 7.68. The van der Waals surface area contributed by atoms with Crippen molar-refractivity contribution in [1.29, 1.82) is 0 Å². The fourth-order valence-electron chi connectivity index (χ4n) is 2.82. The molecule has 0 heterocycles. The van der Waals surface area contributed by atoms with Gasteiger partial charge in [-0.1, -0.05) is 19.3 Å². The second-order valence-corrected chi connectivity index (χ2v) is 6.64. The summed E-state index contributed by atoms with van der Waals surface area (Å²) >= 11 is 0. The van der Waals surface area contributed by atoms with Gasteiger partial charge in [0, 0.05) is 18.1 Å². The minimum absolute atomic E-state index is 0.104. The molecule has 122 valence electrons. The van der Waals surface area contributed by atoms with Crippen molar-refractivity contribution in [2.24, 2.45) is 0 Å². The first kappa shape index (κ1) is 17.8. The number of carboxylic acids is 1. The van der Waals surface area contributed by atoms with E-state index in [0.717, 1.165) is 25.7 Å². The molecule has 6 nitrogen and oxygen atoms in total. The molecule has 1 aliphatic carbocycles. The van der Waals surface area contributed by atoms with Crippen LogP contribution in [0.25, 0.3) is 0 Å². The highest BCUT2D eigenvalue weighted by atomic mass is 16.4. The van der Waals surface area contributed by atoms with Gasteiger partial charge < -0.3 is 20.0 Å². The highest BCUT2D eigenvalue weighted by Crippen LogP contribution is 2.25. The molecule has 2 amide bonds. The van der Waals surface area contributed by atoms with Gasteiger partial charge in [-0.3, -0.25) is 4.79 Å². The van der Waals surface area contributed by atoms with Crippen molar-refractivity contribution in [3.8, 4) is 0 Å². The Hall–Kier alpha value is -1.30. The average Bonchev–Trinajstić information content (AvgIpc) is 2.41. The predicted molar refractivity (Wildman–Crippen MR) is 80.2 cm³/mol. The van der Waals surface area contributed by atoms with E-state index in [1.54, 1.807) is 4.90 Å². The average molecular weight is 300 g/mol. The molecule has 0 spiro atoms. The Bertz CT molecular complexity index is 359. The zero-order chi connectivity index (χ0) is 16.0. The summed E-state index contributed by atoms with van der Waals surface area (Å²) in [5.74, 6) is -1.02. The van der Waals surface area contributed by atoms with Gasteiger partial charge >= 0.3 is 12.0 Å². The highest BCUT2D eigenvalue weighted by Gasteiger charge is 2.34. The van der Waals surface area contributed by atoms with Gasteiger partial charge in [-0.25, -0.2) is 4.79 Å². The third-order valence-electron chi connectivity index (χ3n) is 3.94. The van der Waals surface area contributed by atoms with Gasteiger partial charge in [0.05, 0.1) is 6.61 Å². The maximum Gasteiger partial charge on any atom is 0.323 e. The molecule has 21 heavy (non-hydrogen) atoms. The molecule has 0 aliphatic heterocycles. The van der Waals surface area contributed by atoms with Crippen LogP contribution in [-0.2, 0) is 4.79 Å². The smallest absolute Gasteiger partial charge is 0.323 e. The van der Waals surface area contributed by atoms with Gasteiger partial charge in [-0.05, 0) is 33.6 Å². The van der Waals surface area contributed by atoms with Gasteiger partial charge in [0.2, 0.25) is 0 Å². The number of hydrogen-bond acceptors (Lipinski definition) is 3. The van der Waals surface area contributed by atoms with Crippen LogP contribution in [0.5, 0.6) is 0 Å². The SMILES string of the molecule is CC(C)(C)N(CC(=O)O)C(=O)N(CCO)C1CCCCC1. The van der Waals surface area contributed by atoms with E-state index in [9.17, 15) is 14.7 Å². The summed E-state index contributed by atoms with van der Waals surface area (Å²) in [7, 11) is 0. The molecule has 0 aromatic carbocycles. The van der Waals surface area contributed by atoms with E-state index in [1.165, 1.54) is 11.3 Å². The van der Waals surface area contributed by atoms with E-state index in [4.69, 9.17) is 5.11 Å². The van der Waals surface area contributed by atoms with Crippen molar-refractivity contribution in [1.82, 2.24) is 9.80 Å². The monoisotopic (exact) mass is 300 g/mol. The molecular formula is C15H28N2O4. The molecule has 0 bridgehead atoms. The van der Waals surface area contributed by atoms with Crippen LogP contribution in [-0.4, -0.2) is 63.3 Å². The van der Waals surface area contributed by atoms with E-state index >= 15 is 0 Å². The lowest BCUT2D eigenvalue weighted by molar-refractivity contribution is -0.138. The number of rotatable bonds is 5. The lowest BCUT2D eigenvalue weighted by atomic mass is 9.94. The number of aliphatic carboxylic acids is 1. The quantitative estimate of drug-likeness (QED) is 0.813. The van der Waals surface area contributed by atoms with E-state index in [1.807, 2.05) is 20.8 Å². The maximum absolute atomic E-state index is 12.8. The molecule has 0 saturated heterocycles. The summed E-state index contributed by atoms with van der Waals surface area (Å²) in [5.41, 5.74) is -0.572. The molecule has 2 N–H and O–H groups in total. The number of aliphatic hydroxyl groups excluding tert-OH is 1. The zero-order valence-corrected chi connectivity index (χ0v) is 13.3. The Balaban J connectivity index is 2.91. The number of urea groups is 1. The van der Waals surface area contributed by atoms with Crippen LogP contribution in [0.2, 0.25) is 0 Å². The van der Waals surface area contributed by atoms with Crippen LogP contribution in [0.1, 0.15) is 52.9 Å². The number of nitrogens with zero attached hydrogens (tertiary/aromatic N) is 2. The van der Waals surface area contributed by atoms with Crippen LogP contribution in [0.3, 0.4) is 0 Å². The Morgan fingerprint density at radius 2 is 1.71 bits per heavy atom. The molecule has 1 rings (SSSR count). The third-order valence-corrected chi connectivity index (χ3v) is 3.94. The summed E-state index contributed by atoms with van der Waals surface area (Å²) < 4.78 is 0. The minimum atomic E-state index is -1.02. The van der Waals surface area contributed by atoms with Crippen molar-refractivity contribution < 1.29 is 19.8 Å². The van der Waals surface area contributed by atoms with Crippen molar-refractivity contribution >= 4 is 12.0 Å². The summed E-state index contributed by atoms with van der Waals surface area (Å²) in [4.78, 5) is 26.9. The Morgan fingerprint density at radius 3 is 2.14 bits per heavy atom. The van der Waals surface area contributed by atoms with E-state index in [-0.39, 0.29) is 31.8 Å². The second kappa shape index (κ2) is 7.64. The van der Waals surface area contributed by atoms with E-state index < -0.39 is 11.5 Å². The van der Waals surface area contributed by atoms with Crippen molar-refractivity contribution in [2.45, 2.75) is 64.5 Å². The molecule has 0 aromatic heterocycles. The molecule has 1 aliphatic rings. The molecule has 1 fully saturated rings. The molecule has 0 atom stereocenters. The maximum atomic E-state index is 12.8. The van der Waals surface area contributed by atoms with Crippen LogP contribution >= 0.6 is 0 Å². The number of aliphatic hydroxyl groups is 1. The Kier molecular flexibility index (Phi) is 6.45. The number of amides is 2. The van der Waals surface area contributed by atoms with Gasteiger partial charge in [0.25, 0.3) is 0 Å². The first-order chi connectivity index (χ1) is 9.77. The number of carbonyl (C=O) groups excluding carboxylic acids is 1. The minimum Gasteiger partial charge on any atom is -0.480 e. The number of carbonyl (C=O) groups is 2. The molecular weight excluding hydrogens is 272 g/mol. The fraction of sp³-hybridized carbons (Fsp3) is 0.867. The molecule has 1 saturated carbocycles. The Labute approximate surface area is 126 Å². The summed E-state index contributed by atoms with van der Waals surface area (Å²) in [6.45, 7) is 5.31. The van der Waals surface area contributed by atoms with Gasteiger partial charge in [-0.15, -0.1) is 0 Å². The lowest BCUT2D eigenvalue weighted by Crippen LogP contribution is -2.56. The molecule has 0 radical (unpaired) electrons. The first-order valence-electron chi connectivity index (χ1n) is 7.68. The molecule has 6 heteroatoms.